The fourth-order valence-electron chi connectivity index (χ4n) is 5.14. The van der Waals surface area contributed by atoms with E-state index in [1.807, 2.05) is 40.7 Å². The molecule has 1 aromatic carbocycles. The van der Waals surface area contributed by atoms with E-state index < -0.39 is 6.10 Å². The molecule has 8 nitrogen and oxygen atoms in total. The van der Waals surface area contributed by atoms with E-state index >= 15 is 0 Å². The normalized spacial score (nSPS) is 18.2. The Balaban J connectivity index is 1.16. The van der Waals surface area contributed by atoms with Gasteiger partial charge >= 0.3 is 0 Å². The molecule has 0 N–H and O–H groups in total. The lowest BCUT2D eigenvalue weighted by atomic mass is 10.1. The first-order valence-electron chi connectivity index (χ1n) is 12.9. The number of hydrogen-bond donors (Lipinski definition) is 0. The van der Waals surface area contributed by atoms with Crippen molar-refractivity contribution in [3.8, 4) is 5.75 Å². The van der Waals surface area contributed by atoms with E-state index in [0.717, 1.165) is 24.9 Å². The number of likely N-dealkylation sites (tertiary alicyclic amines) is 1. The van der Waals surface area contributed by atoms with Gasteiger partial charge in [0.1, 0.15) is 11.4 Å². The molecule has 0 radical (unpaired) electrons. The number of benzene rings is 1. The van der Waals surface area contributed by atoms with E-state index in [1.165, 1.54) is 22.7 Å². The number of carbonyl (C=O) groups excluding carboxylic acids is 3. The van der Waals surface area contributed by atoms with Crippen molar-refractivity contribution in [2.75, 3.05) is 18.0 Å². The molecule has 0 spiro atoms. The Morgan fingerprint density at radius 2 is 2.00 bits per heavy atom. The zero-order chi connectivity index (χ0) is 26.8. The number of ketones is 1. The van der Waals surface area contributed by atoms with Gasteiger partial charge in [-0.05, 0) is 54.5 Å². The molecule has 2 atom stereocenters. The molecule has 2 aliphatic heterocycles. The zero-order valence-electron chi connectivity index (χ0n) is 21.1. The van der Waals surface area contributed by atoms with Crippen LogP contribution in [0.25, 0.3) is 0 Å². The molecule has 4 aromatic rings. The molecule has 6 rings (SSSR count). The molecular formula is C29H26N4O4S2. The molecule has 2 aliphatic rings. The van der Waals surface area contributed by atoms with Crippen molar-refractivity contribution >= 4 is 45.4 Å². The summed E-state index contributed by atoms with van der Waals surface area (Å²) in [5.74, 6) is 0.304. The fourth-order valence-corrected chi connectivity index (χ4v) is 6.68. The predicted octanol–water partition coefficient (Wildman–Crippen LogP) is 5.71. The minimum Gasteiger partial charge on any atom is -0.475 e. The number of ether oxygens (including phenoxy) is 1. The lowest BCUT2D eigenvalue weighted by molar-refractivity contribution is -0.132. The van der Waals surface area contributed by atoms with Gasteiger partial charge in [0.15, 0.2) is 5.13 Å². The van der Waals surface area contributed by atoms with Crippen LogP contribution in [0.4, 0.5) is 5.13 Å². The van der Waals surface area contributed by atoms with Crippen LogP contribution in [0.15, 0.2) is 71.7 Å². The third-order valence-corrected chi connectivity index (χ3v) is 8.78. The third kappa shape index (κ3) is 5.09. The van der Waals surface area contributed by atoms with E-state index in [9.17, 15) is 14.4 Å². The second kappa shape index (κ2) is 11.1. The molecule has 198 valence electrons. The summed E-state index contributed by atoms with van der Waals surface area (Å²) in [7, 11) is 0. The number of pyridine rings is 1. The molecule has 3 aromatic heterocycles. The fraction of sp³-hybridized carbons (Fsp3) is 0.276. The lowest BCUT2D eigenvalue weighted by Gasteiger charge is -2.25. The highest BCUT2D eigenvalue weighted by molar-refractivity contribution is 7.14. The number of fused-ring (bicyclic) bond motifs is 1. The number of Topliss-reactive ketones (excluding diaryl/α,β-unsaturated/α-hetero) is 1. The summed E-state index contributed by atoms with van der Waals surface area (Å²) in [6.45, 7) is 1.06. The maximum Gasteiger partial charge on any atom is 0.270 e. The molecule has 5 heterocycles. The molecule has 10 heteroatoms. The highest BCUT2D eigenvalue weighted by Crippen LogP contribution is 2.38. The average Bonchev–Trinajstić information content (AvgIpc) is 3.78. The minimum atomic E-state index is -0.827. The average molecular weight is 559 g/mol. The highest BCUT2D eigenvalue weighted by atomic mass is 32.1. The largest absolute Gasteiger partial charge is 0.475 e. The van der Waals surface area contributed by atoms with Crippen LogP contribution in [0.2, 0.25) is 0 Å². The summed E-state index contributed by atoms with van der Waals surface area (Å²) >= 11 is 2.66. The minimum absolute atomic E-state index is 0.0460. The van der Waals surface area contributed by atoms with Gasteiger partial charge in [-0.15, -0.1) is 22.7 Å². The van der Waals surface area contributed by atoms with Crippen LogP contribution in [0.5, 0.6) is 5.75 Å². The lowest BCUT2D eigenvalue weighted by Crippen LogP contribution is -2.34. The number of carbonyl (C=O) groups is 3. The molecule has 0 bridgehead atoms. The highest BCUT2D eigenvalue weighted by Gasteiger charge is 2.36. The second-order valence-corrected chi connectivity index (χ2v) is 11.3. The molecule has 0 saturated carbocycles. The zero-order valence-corrected chi connectivity index (χ0v) is 22.7. The summed E-state index contributed by atoms with van der Waals surface area (Å²) in [4.78, 5) is 52.6. The first-order chi connectivity index (χ1) is 19.1. The van der Waals surface area contributed by atoms with Gasteiger partial charge in [-0.2, -0.15) is 0 Å². The number of hydrogen-bond acceptors (Lipinski definition) is 8. The smallest absolute Gasteiger partial charge is 0.270 e. The Bertz CT molecular complexity index is 1490. The Labute approximate surface area is 233 Å². The van der Waals surface area contributed by atoms with Crippen molar-refractivity contribution in [2.45, 2.75) is 37.8 Å². The van der Waals surface area contributed by atoms with Crippen LogP contribution in [-0.4, -0.2) is 45.6 Å². The van der Waals surface area contributed by atoms with Gasteiger partial charge in [0, 0.05) is 37.3 Å². The van der Waals surface area contributed by atoms with Crippen LogP contribution < -0.4 is 9.64 Å². The molecule has 1 saturated heterocycles. The van der Waals surface area contributed by atoms with Crippen LogP contribution in [0, 0.1) is 0 Å². The van der Waals surface area contributed by atoms with Crippen LogP contribution in [0.3, 0.4) is 0 Å². The van der Waals surface area contributed by atoms with E-state index in [4.69, 9.17) is 4.74 Å². The van der Waals surface area contributed by atoms with Crippen molar-refractivity contribution in [2.24, 2.45) is 0 Å². The summed E-state index contributed by atoms with van der Waals surface area (Å²) in [5, 5.41) is 4.11. The number of aromatic nitrogens is 2. The van der Waals surface area contributed by atoms with Gasteiger partial charge in [0.05, 0.1) is 16.5 Å². The van der Waals surface area contributed by atoms with E-state index in [1.54, 1.807) is 40.7 Å². The Hall–Kier alpha value is -3.89. The summed E-state index contributed by atoms with van der Waals surface area (Å²) in [6, 6.07) is 14.7. The number of thiazole rings is 1. The predicted molar refractivity (Wildman–Crippen MR) is 149 cm³/mol. The van der Waals surface area contributed by atoms with Crippen molar-refractivity contribution in [3.63, 3.8) is 0 Å². The number of nitrogens with zero attached hydrogens (tertiary/aromatic N) is 4. The molecule has 39 heavy (non-hydrogen) atoms. The van der Waals surface area contributed by atoms with Gasteiger partial charge in [-0.1, -0.05) is 24.3 Å². The molecule has 1 fully saturated rings. The van der Waals surface area contributed by atoms with E-state index in [2.05, 4.69) is 9.97 Å². The van der Waals surface area contributed by atoms with Gasteiger partial charge in [-0.3, -0.25) is 24.3 Å². The van der Waals surface area contributed by atoms with Crippen molar-refractivity contribution in [3.05, 3.63) is 93.4 Å². The molecule has 2 unspecified atom stereocenters. The van der Waals surface area contributed by atoms with Gasteiger partial charge in [0.2, 0.25) is 17.8 Å². The molecule has 2 amide bonds. The van der Waals surface area contributed by atoms with Crippen molar-refractivity contribution in [1.29, 1.82) is 0 Å². The van der Waals surface area contributed by atoms with Crippen LogP contribution in [-0.2, 0) is 4.79 Å². The third-order valence-electron chi connectivity index (χ3n) is 7.04. The quantitative estimate of drug-likeness (QED) is 0.275. The van der Waals surface area contributed by atoms with Gasteiger partial charge < -0.3 is 9.64 Å². The topological polar surface area (TPSA) is 92.7 Å². The number of anilines is 1. The maximum atomic E-state index is 13.5. The maximum absolute atomic E-state index is 13.5. The first-order valence-corrected chi connectivity index (χ1v) is 14.7. The second-order valence-electron chi connectivity index (χ2n) is 9.48. The summed E-state index contributed by atoms with van der Waals surface area (Å²) < 4.78 is 5.89. The number of rotatable bonds is 8. The summed E-state index contributed by atoms with van der Waals surface area (Å²) in [5.41, 5.74) is 2.07. The Morgan fingerprint density at radius 3 is 2.79 bits per heavy atom. The van der Waals surface area contributed by atoms with Crippen LogP contribution >= 0.6 is 22.7 Å². The van der Waals surface area contributed by atoms with E-state index in [0.29, 0.717) is 46.4 Å². The number of para-hydroxylation sites is 1. The standard InChI is InChI=1S/C29H26N4O4S2/c34-25(32-14-4-9-22(32)19-7-3-13-30-17-19)12-5-15-33(28(36)24-11-6-16-38-24)29-31-21(18-39-29)27-26(35)20-8-1-2-10-23(20)37-27/h1-3,6-8,10-11,13,16-18,22,27H,4-5,9,12,14-15H2. The Morgan fingerprint density at radius 1 is 1.10 bits per heavy atom. The SMILES string of the molecule is O=C1c2ccccc2OC1c1csc(N(CCCC(=O)N2CCCC2c2cccnc2)C(=O)c2cccs2)n1. The molecular weight excluding hydrogens is 532 g/mol. The van der Waals surface area contributed by atoms with E-state index in [-0.39, 0.29) is 23.6 Å². The van der Waals surface area contributed by atoms with Crippen molar-refractivity contribution < 1.29 is 19.1 Å². The molecule has 0 aliphatic carbocycles. The first kappa shape index (κ1) is 25.4. The van der Waals surface area contributed by atoms with Crippen molar-refractivity contribution in [1.82, 2.24) is 14.9 Å². The van der Waals surface area contributed by atoms with Gasteiger partial charge in [-0.25, -0.2) is 4.98 Å². The number of thiophene rings is 1. The van der Waals surface area contributed by atoms with Crippen LogP contribution in [0.1, 0.15) is 69.1 Å². The number of amides is 2. The summed E-state index contributed by atoms with van der Waals surface area (Å²) in [6.07, 6.45) is 5.44. The van der Waals surface area contributed by atoms with Gasteiger partial charge in [0.25, 0.3) is 5.91 Å². The Kier molecular flexibility index (Phi) is 7.21. The monoisotopic (exact) mass is 558 g/mol.